The molecule has 0 atom stereocenters. The van der Waals surface area contributed by atoms with Crippen LogP contribution in [0.25, 0.3) is 11.3 Å². The monoisotopic (exact) mass is 276 g/mol. The van der Waals surface area contributed by atoms with Crippen molar-refractivity contribution in [2.45, 2.75) is 0 Å². The van der Waals surface area contributed by atoms with Gasteiger partial charge in [-0.3, -0.25) is 4.79 Å². The predicted octanol–water partition coefficient (Wildman–Crippen LogP) is 1.43. The van der Waals surface area contributed by atoms with Gasteiger partial charge in [0.25, 0.3) is 0 Å². The Balaban J connectivity index is 2.36. The number of nitrogens with zero attached hydrogens (tertiary/aromatic N) is 3. The third-order valence-electron chi connectivity index (χ3n) is 2.40. The molecule has 1 aromatic carbocycles. The van der Waals surface area contributed by atoms with E-state index in [0.717, 1.165) is 10.0 Å². The van der Waals surface area contributed by atoms with Crippen LogP contribution in [-0.2, 0) is 0 Å². The number of carbonyl (C=O) groups is 1. The van der Waals surface area contributed by atoms with Gasteiger partial charge >= 0.3 is 0 Å². The van der Waals surface area contributed by atoms with Crippen LogP contribution in [0.1, 0.15) is 16.1 Å². The van der Waals surface area contributed by atoms with Crippen LogP contribution in [0.3, 0.4) is 0 Å². The molecule has 1 heterocycles. The predicted molar refractivity (Wildman–Crippen MR) is 60.8 cm³/mol. The molecule has 16 heavy (non-hydrogen) atoms. The summed E-state index contributed by atoms with van der Waals surface area (Å²) in [6.07, 6.45) is 0. The molecule has 78 valence electrons. The van der Waals surface area contributed by atoms with Crippen molar-refractivity contribution in [3.8, 4) is 11.3 Å². The molecule has 2 N–H and O–H groups in total. The van der Waals surface area contributed by atoms with Gasteiger partial charge in [0, 0.05) is 15.6 Å². The number of carbonyl (C=O) groups excluding carboxylic acids is 1. The van der Waals surface area contributed by atoms with Crippen molar-refractivity contribution in [1.29, 1.82) is 0 Å². The SMILES string of the molecule is Nc1nnc2c(n1)-c1ccc(Br)cc1C2=O. The lowest BCUT2D eigenvalue weighted by molar-refractivity contribution is 0.103. The summed E-state index contributed by atoms with van der Waals surface area (Å²) in [7, 11) is 0. The molecule has 0 fully saturated rings. The molecule has 0 unspecified atom stereocenters. The number of rotatable bonds is 0. The molecule has 1 aliphatic carbocycles. The minimum Gasteiger partial charge on any atom is -0.366 e. The molecular weight excluding hydrogens is 272 g/mol. The van der Waals surface area contributed by atoms with Crippen LogP contribution in [0, 0.1) is 0 Å². The third kappa shape index (κ3) is 1.16. The second kappa shape index (κ2) is 3.08. The van der Waals surface area contributed by atoms with E-state index in [-0.39, 0.29) is 17.4 Å². The average molecular weight is 277 g/mol. The molecule has 0 radical (unpaired) electrons. The van der Waals surface area contributed by atoms with Gasteiger partial charge < -0.3 is 5.73 Å². The number of ketones is 1. The second-order valence-electron chi connectivity index (χ2n) is 3.39. The van der Waals surface area contributed by atoms with E-state index >= 15 is 0 Å². The van der Waals surface area contributed by atoms with Gasteiger partial charge in [0.2, 0.25) is 11.7 Å². The van der Waals surface area contributed by atoms with Crippen LogP contribution in [0.5, 0.6) is 0 Å². The van der Waals surface area contributed by atoms with E-state index in [1.54, 1.807) is 6.07 Å². The van der Waals surface area contributed by atoms with Gasteiger partial charge in [-0.1, -0.05) is 22.0 Å². The zero-order valence-corrected chi connectivity index (χ0v) is 9.52. The van der Waals surface area contributed by atoms with Crippen molar-refractivity contribution >= 4 is 27.7 Å². The number of aromatic nitrogens is 3. The Hall–Kier alpha value is -1.82. The minimum atomic E-state index is -0.161. The largest absolute Gasteiger partial charge is 0.366 e. The highest BCUT2D eigenvalue weighted by atomic mass is 79.9. The second-order valence-corrected chi connectivity index (χ2v) is 4.30. The highest BCUT2D eigenvalue weighted by Crippen LogP contribution is 2.35. The molecule has 0 aliphatic heterocycles. The summed E-state index contributed by atoms with van der Waals surface area (Å²) in [5.41, 5.74) is 7.57. The Bertz CT molecular complexity index is 626. The van der Waals surface area contributed by atoms with Gasteiger partial charge in [-0.15, -0.1) is 10.2 Å². The quantitative estimate of drug-likeness (QED) is 0.672. The van der Waals surface area contributed by atoms with Crippen LogP contribution >= 0.6 is 15.9 Å². The zero-order chi connectivity index (χ0) is 11.3. The summed E-state index contributed by atoms with van der Waals surface area (Å²) in [4.78, 5) is 16.0. The fraction of sp³-hybridized carbons (Fsp3) is 0. The number of nitrogens with two attached hydrogens (primary N) is 1. The van der Waals surface area contributed by atoms with Gasteiger partial charge in [0.15, 0.2) is 5.69 Å². The molecule has 0 amide bonds. The fourth-order valence-electron chi connectivity index (χ4n) is 1.72. The normalized spacial score (nSPS) is 12.4. The van der Waals surface area contributed by atoms with E-state index in [9.17, 15) is 4.79 Å². The fourth-order valence-corrected chi connectivity index (χ4v) is 2.08. The number of benzene rings is 1. The van der Waals surface area contributed by atoms with Gasteiger partial charge in [-0.05, 0) is 12.1 Å². The first-order valence-corrected chi connectivity index (χ1v) is 5.31. The van der Waals surface area contributed by atoms with Crippen molar-refractivity contribution in [1.82, 2.24) is 15.2 Å². The molecular formula is C10H5BrN4O. The maximum atomic E-state index is 11.9. The van der Waals surface area contributed by atoms with E-state index in [1.807, 2.05) is 12.1 Å². The average Bonchev–Trinajstić information content (AvgIpc) is 2.52. The first kappa shape index (κ1) is 9.41. The third-order valence-corrected chi connectivity index (χ3v) is 2.89. The first-order valence-electron chi connectivity index (χ1n) is 4.51. The molecule has 1 aromatic heterocycles. The number of hydrogen-bond donors (Lipinski definition) is 1. The Morgan fingerprint density at radius 1 is 1.12 bits per heavy atom. The molecule has 0 bridgehead atoms. The van der Waals surface area contributed by atoms with Crippen LogP contribution in [-0.4, -0.2) is 21.0 Å². The van der Waals surface area contributed by atoms with E-state index in [4.69, 9.17) is 5.73 Å². The summed E-state index contributed by atoms with van der Waals surface area (Å²) < 4.78 is 0.841. The molecule has 2 aromatic rings. The van der Waals surface area contributed by atoms with Crippen molar-refractivity contribution < 1.29 is 4.79 Å². The zero-order valence-electron chi connectivity index (χ0n) is 7.94. The Morgan fingerprint density at radius 3 is 2.75 bits per heavy atom. The van der Waals surface area contributed by atoms with E-state index < -0.39 is 0 Å². The summed E-state index contributed by atoms with van der Waals surface area (Å²) >= 11 is 3.32. The van der Waals surface area contributed by atoms with Gasteiger partial charge in [0.1, 0.15) is 5.69 Å². The van der Waals surface area contributed by atoms with Crippen LogP contribution in [0.15, 0.2) is 22.7 Å². The van der Waals surface area contributed by atoms with E-state index in [1.165, 1.54) is 0 Å². The molecule has 3 rings (SSSR count). The highest BCUT2D eigenvalue weighted by molar-refractivity contribution is 9.10. The van der Waals surface area contributed by atoms with E-state index in [2.05, 4.69) is 31.1 Å². The molecule has 0 saturated heterocycles. The maximum absolute atomic E-state index is 11.9. The van der Waals surface area contributed by atoms with Gasteiger partial charge in [0.05, 0.1) is 0 Å². The lowest BCUT2D eigenvalue weighted by atomic mass is 10.1. The van der Waals surface area contributed by atoms with Crippen molar-refractivity contribution in [3.05, 3.63) is 33.9 Å². The Kier molecular flexibility index (Phi) is 1.81. The van der Waals surface area contributed by atoms with Crippen LogP contribution < -0.4 is 5.73 Å². The maximum Gasteiger partial charge on any atom is 0.240 e. The number of hydrogen-bond acceptors (Lipinski definition) is 5. The van der Waals surface area contributed by atoms with Crippen LogP contribution in [0.4, 0.5) is 5.95 Å². The molecule has 5 nitrogen and oxygen atoms in total. The highest BCUT2D eigenvalue weighted by Gasteiger charge is 2.30. The van der Waals surface area contributed by atoms with Crippen LogP contribution in [0.2, 0.25) is 0 Å². The first-order chi connectivity index (χ1) is 7.66. The number of nitrogen functional groups attached to an aromatic ring is 1. The lowest BCUT2D eigenvalue weighted by Gasteiger charge is -1.98. The Labute approximate surface area is 98.8 Å². The molecule has 0 spiro atoms. The Morgan fingerprint density at radius 2 is 1.94 bits per heavy atom. The van der Waals surface area contributed by atoms with Crippen molar-refractivity contribution in [2.24, 2.45) is 0 Å². The summed E-state index contributed by atoms with van der Waals surface area (Å²) in [6, 6.07) is 5.41. The van der Waals surface area contributed by atoms with Crippen molar-refractivity contribution in [2.75, 3.05) is 5.73 Å². The number of anilines is 1. The lowest BCUT2D eigenvalue weighted by Crippen LogP contribution is -2.04. The minimum absolute atomic E-state index is 0.0716. The van der Waals surface area contributed by atoms with Crippen molar-refractivity contribution in [3.63, 3.8) is 0 Å². The topological polar surface area (TPSA) is 81.8 Å². The van der Waals surface area contributed by atoms with E-state index in [0.29, 0.717) is 11.3 Å². The smallest absolute Gasteiger partial charge is 0.240 e. The summed E-state index contributed by atoms with van der Waals surface area (Å²) in [6.45, 7) is 0. The standard InChI is InChI=1S/C10H5BrN4O/c11-4-1-2-5-6(3-4)9(16)8-7(5)13-10(12)15-14-8/h1-3H,(H2,12,13,15). The molecule has 6 heteroatoms. The summed E-state index contributed by atoms with van der Waals surface area (Å²) in [5, 5.41) is 7.37. The number of fused-ring (bicyclic) bond motifs is 3. The summed E-state index contributed by atoms with van der Waals surface area (Å²) in [5.74, 6) is -0.0892. The molecule has 0 saturated carbocycles. The van der Waals surface area contributed by atoms with Gasteiger partial charge in [-0.25, -0.2) is 4.98 Å². The number of halogens is 1. The van der Waals surface area contributed by atoms with Gasteiger partial charge in [-0.2, -0.15) is 0 Å². The molecule has 1 aliphatic rings.